The standard InChI is InChI=1S/C25H25F3N2O/c26-19-14-24(27)23(25(28)15-19)16-29-20-6-8-21(9-7-20)31-22-10-12-30(13-11-22)17-18-4-2-1-3-5-18/h1-9,14-15,22,29H,10-13,16-17H2. The largest absolute Gasteiger partial charge is 0.490 e. The van der Waals surface area contributed by atoms with Gasteiger partial charge in [0, 0.05) is 49.6 Å². The summed E-state index contributed by atoms with van der Waals surface area (Å²) in [6.07, 6.45) is 2.11. The van der Waals surface area contributed by atoms with E-state index in [0.29, 0.717) is 17.8 Å². The van der Waals surface area contributed by atoms with Crippen LogP contribution in [0, 0.1) is 17.5 Å². The van der Waals surface area contributed by atoms with E-state index in [2.05, 4.69) is 34.5 Å². The van der Waals surface area contributed by atoms with E-state index in [9.17, 15) is 13.2 Å². The van der Waals surface area contributed by atoms with Gasteiger partial charge in [0.1, 0.15) is 29.3 Å². The number of nitrogens with zero attached hydrogens (tertiary/aromatic N) is 1. The number of ether oxygens (including phenoxy) is 1. The highest BCUT2D eigenvalue weighted by Gasteiger charge is 2.20. The maximum absolute atomic E-state index is 13.7. The predicted molar refractivity (Wildman–Crippen MR) is 115 cm³/mol. The third-order valence-electron chi connectivity index (χ3n) is 5.52. The van der Waals surface area contributed by atoms with Crippen LogP contribution in [-0.4, -0.2) is 24.1 Å². The minimum Gasteiger partial charge on any atom is -0.490 e. The lowest BCUT2D eigenvalue weighted by atomic mass is 10.1. The van der Waals surface area contributed by atoms with Gasteiger partial charge in [0.05, 0.1) is 0 Å². The van der Waals surface area contributed by atoms with E-state index in [4.69, 9.17) is 4.74 Å². The molecular formula is C25H25F3N2O. The van der Waals surface area contributed by atoms with Gasteiger partial charge in [0.15, 0.2) is 0 Å². The van der Waals surface area contributed by atoms with Crippen LogP contribution in [0.4, 0.5) is 18.9 Å². The number of hydrogen-bond acceptors (Lipinski definition) is 3. The molecule has 0 spiro atoms. The maximum Gasteiger partial charge on any atom is 0.134 e. The Morgan fingerprint density at radius 3 is 2.16 bits per heavy atom. The van der Waals surface area contributed by atoms with Gasteiger partial charge in [-0.25, -0.2) is 13.2 Å². The number of rotatable bonds is 7. The topological polar surface area (TPSA) is 24.5 Å². The van der Waals surface area contributed by atoms with Crippen LogP contribution < -0.4 is 10.1 Å². The fraction of sp³-hybridized carbons (Fsp3) is 0.280. The van der Waals surface area contributed by atoms with Crippen molar-refractivity contribution in [3.8, 4) is 5.75 Å². The zero-order valence-corrected chi connectivity index (χ0v) is 17.2. The van der Waals surface area contributed by atoms with Crippen molar-refractivity contribution in [1.82, 2.24) is 4.90 Å². The molecule has 3 aromatic carbocycles. The number of anilines is 1. The van der Waals surface area contributed by atoms with Gasteiger partial charge in [-0.2, -0.15) is 0 Å². The molecular weight excluding hydrogens is 401 g/mol. The molecule has 1 aliphatic heterocycles. The summed E-state index contributed by atoms with van der Waals surface area (Å²) in [4.78, 5) is 2.44. The number of nitrogens with one attached hydrogen (secondary N) is 1. The van der Waals surface area contributed by atoms with Crippen molar-refractivity contribution in [2.45, 2.75) is 32.0 Å². The summed E-state index contributed by atoms with van der Waals surface area (Å²) in [6.45, 7) is 2.88. The Hall–Kier alpha value is -2.99. The van der Waals surface area contributed by atoms with E-state index < -0.39 is 17.5 Å². The van der Waals surface area contributed by atoms with Crippen molar-refractivity contribution in [3.63, 3.8) is 0 Å². The van der Waals surface area contributed by atoms with Crippen LogP contribution in [-0.2, 0) is 13.1 Å². The van der Waals surface area contributed by atoms with Crippen LogP contribution in [0.5, 0.6) is 5.75 Å². The van der Waals surface area contributed by atoms with Gasteiger partial charge in [-0.3, -0.25) is 4.90 Å². The summed E-state index contributed by atoms with van der Waals surface area (Å²) in [5.41, 5.74) is 1.84. The average molecular weight is 426 g/mol. The van der Waals surface area contributed by atoms with Gasteiger partial charge in [0.25, 0.3) is 0 Å². The molecule has 0 radical (unpaired) electrons. The zero-order valence-electron chi connectivity index (χ0n) is 17.2. The van der Waals surface area contributed by atoms with E-state index in [0.717, 1.165) is 38.2 Å². The second-order valence-electron chi connectivity index (χ2n) is 7.80. The first kappa shape index (κ1) is 21.2. The zero-order chi connectivity index (χ0) is 21.6. The first-order chi connectivity index (χ1) is 15.1. The van der Waals surface area contributed by atoms with Crippen LogP contribution in [0.3, 0.4) is 0 Å². The number of piperidine rings is 1. The van der Waals surface area contributed by atoms with Crippen LogP contribution in [0.2, 0.25) is 0 Å². The van der Waals surface area contributed by atoms with E-state index in [1.54, 1.807) is 12.1 Å². The average Bonchev–Trinajstić information content (AvgIpc) is 2.76. The molecule has 0 aliphatic carbocycles. The van der Waals surface area contributed by atoms with Crippen molar-refractivity contribution >= 4 is 5.69 Å². The molecule has 3 aromatic rings. The van der Waals surface area contributed by atoms with Crippen molar-refractivity contribution in [2.24, 2.45) is 0 Å². The van der Waals surface area contributed by atoms with E-state index in [-0.39, 0.29) is 18.2 Å². The molecule has 6 heteroatoms. The Bertz CT molecular complexity index is 964. The van der Waals surface area contributed by atoms with Crippen LogP contribution in [0.1, 0.15) is 24.0 Å². The molecule has 31 heavy (non-hydrogen) atoms. The molecule has 162 valence electrons. The Morgan fingerprint density at radius 2 is 1.52 bits per heavy atom. The summed E-state index contributed by atoms with van der Waals surface area (Å²) >= 11 is 0. The maximum atomic E-state index is 13.7. The molecule has 4 rings (SSSR count). The number of likely N-dealkylation sites (tertiary alicyclic amines) is 1. The van der Waals surface area contributed by atoms with Gasteiger partial charge in [0.2, 0.25) is 0 Å². The Balaban J connectivity index is 1.25. The third-order valence-corrected chi connectivity index (χ3v) is 5.52. The second kappa shape index (κ2) is 9.88. The molecule has 1 saturated heterocycles. The fourth-order valence-electron chi connectivity index (χ4n) is 3.80. The predicted octanol–water partition coefficient (Wildman–Crippen LogP) is 5.76. The normalized spacial score (nSPS) is 15.1. The molecule has 0 atom stereocenters. The van der Waals surface area contributed by atoms with Gasteiger partial charge >= 0.3 is 0 Å². The highest BCUT2D eigenvalue weighted by molar-refractivity contribution is 5.47. The molecule has 1 aliphatic rings. The van der Waals surface area contributed by atoms with Gasteiger partial charge < -0.3 is 10.1 Å². The molecule has 0 unspecified atom stereocenters. The first-order valence-corrected chi connectivity index (χ1v) is 10.5. The molecule has 1 N–H and O–H groups in total. The van der Waals surface area contributed by atoms with E-state index >= 15 is 0 Å². The molecule has 1 heterocycles. The summed E-state index contributed by atoms with van der Waals surface area (Å²) < 4.78 is 46.6. The quantitative estimate of drug-likeness (QED) is 0.520. The number of benzene rings is 3. The molecule has 0 amide bonds. The molecule has 3 nitrogen and oxygen atoms in total. The van der Waals surface area contributed by atoms with E-state index in [1.165, 1.54) is 5.56 Å². The van der Waals surface area contributed by atoms with Crippen molar-refractivity contribution in [2.75, 3.05) is 18.4 Å². The Kier molecular flexibility index (Phi) is 6.77. The van der Waals surface area contributed by atoms with Crippen molar-refractivity contribution in [3.05, 3.63) is 95.3 Å². The minimum absolute atomic E-state index is 0.0714. The number of halogens is 3. The highest BCUT2D eigenvalue weighted by atomic mass is 19.1. The highest BCUT2D eigenvalue weighted by Crippen LogP contribution is 2.23. The monoisotopic (exact) mass is 426 g/mol. The summed E-state index contributed by atoms with van der Waals surface area (Å²) in [5, 5.41) is 2.96. The Labute approximate surface area is 180 Å². The van der Waals surface area contributed by atoms with Crippen LogP contribution in [0.15, 0.2) is 66.7 Å². The SMILES string of the molecule is Fc1cc(F)c(CNc2ccc(OC3CCN(Cc4ccccc4)CC3)cc2)c(F)c1. The lowest BCUT2D eigenvalue weighted by Gasteiger charge is -2.32. The molecule has 0 saturated carbocycles. The summed E-state index contributed by atoms with van der Waals surface area (Å²) in [5.74, 6) is -1.95. The molecule has 0 bridgehead atoms. The fourth-order valence-corrected chi connectivity index (χ4v) is 3.80. The lowest BCUT2D eigenvalue weighted by Crippen LogP contribution is -2.37. The van der Waals surface area contributed by atoms with Crippen molar-refractivity contribution < 1.29 is 17.9 Å². The first-order valence-electron chi connectivity index (χ1n) is 10.5. The van der Waals surface area contributed by atoms with E-state index in [1.807, 2.05) is 18.2 Å². The third kappa shape index (κ3) is 5.79. The molecule has 0 aromatic heterocycles. The Morgan fingerprint density at radius 1 is 0.871 bits per heavy atom. The van der Waals surface area contributed by atoms with Gasteiger partial charge in [-0.15, -0.1) is 0 Å². The number of hydrogen-bond donors (Lipinski definition) is 1. The minimum atomic E-state index is -0.925. The van der Waals surface area contributed by atoms with Crippen LogP contribution in [0.25, 0.3) is 0 Å². The van der Waals surface area contributed by atoms with Crippen molar-refractivity contribution in [1.29, 1.82) is 0 Å². The lowest BCUT2D eigenvalue weighted by molar-refractivity contribution is 0.0968. The molecule has 1 fully saturated rings. The van der Waals surface area contributed by atoms with Gasteiger partial charge in [-0.05, 0) is 42.7 Å². The smallest absolute Gasteiger partial charge is 0.134 e. The van der Waals surface area contributed by atoms with Gasteiger partial charge in [-0.1, -0.05) is 30.3 Å². The summed E-state index contributed by atoms with van der Waals surface area (Å²) in [6, 6.07) is 19.1. The summed E-state index contributed by atoms with van der Waals surface area (Å²) in [7, 11) is 0. The second-order valence-corrected chi connectivity index (χ2v) is 7.80. The van der Waals surface area contributed by atoms with Crippen LogP contribution >= 0.6 is 0 Å².